The third kappa shape index (κ3) is 4.78. The summed E-state index contributed by atoms with van der Waals surface area (Å²) in [5.74, 6) is -1.71. The summed E-state index contributed by atoms with van der Waals surface area (Å²) >= 11 is 0. The Morgan fingerprint density at radius 2 is 1.94 bits per heavy atom. The van der Waals surface area contributed by atoms with Gasteiger partial charge < -0.3 is 10.1 Å². The van der Waals surface area contributed by atoms with Gasteiger partial charge in [0.2, 0.25) is 0 Å². The second-order valence-electron chi connectivity index (χ2n) is 9.17. The van der Waals surface area contributed by atoms with Crippen molar-refractivity contribution in [3.05, 3.63) is 58.3 Å². The average molecular weight is 514 g/mol. The molecule has 3 N–H and O–H groups in total. The van der Waals surface area contributed by atoms with E-state index in [4.69, 9.17) is 0 Å². The monoisotopic (exact) mass is 513 g/mol. The Morgan fingerprint density at radius 1 is 1.23 bits per heavy atom. The number of rotatable bonds is 6. The number of nitrogens with zero attached hydrogens (tertiary/aromatic N) is 2. The molecule has 8 nitrogen and oxygen atoms in total. The summed E-state index contributed by atoms with van der Waals surface area (Å²) in [6.07, 6.45) is 0.328. The van der Waals surface area contributed by atoms with Crippen LogP contribution in [0.15, 0.2) is 41.2 Å². The molecule has 1 amide bonds. The number of ether oxygens (including phenoxy) is 1. The predicted octanol–water partition coefficient (Wildman–Crippen LogP) is 4.76. The number of amides is 1. The van der Waals surface area contributed by atoms with E-state index < -0.39 is 46.2 Å². The molecule has 1 unspecified atom stereocenters. The first-order valence-electron chi connectivity index (χ1n) is 10.9. The molecule has 0 saturated carbocycles. The molecule has 35 heavy (non-hydrogen) atoms. The number of halogens is 3. The van der Waals surface area contributed by atoms with E-state index >= 15 is 4.39 Å². The zero-order valence-electron chi connectivity index (χ0n) is 19.3. The van der Waals surface area contributed by atoms with Crippen LogP contribution in [0.25, 0.3) is 16.7 Å². The van der Waals surface area contributed by atoms with Crippen LogP contribution in [0.5, 0.6) is 5.75 Å². The summed E-state index contributed by atoms with van der Waals surface area (Å²) in [7, 11) is -2.80. The van der Waals surface area contributed by atoms with Crippen molar-refractivity contribution in [1.29, 1.82) is 0 Å². The Hall–Kier alpha value is -2.96. The lowest BCUT2D eigenvalue weighted by molar-refractivity contribution is -0.0498. The number of hydrogen-bond acceptors (Lipinski definition) is 5. The fraction of sp³-hybridized carbons (Fsp3) is 0.391. The molecule has 1 saturated heterocycles. The van der Waals surface area contributed by atoms with Gasteiger partial charge in [0, 0.05) is 17.9 Å². The van der Waals surface area contributed by atoms with Crippen LogP contribution in [0.2, 0.25) is 0 Å². The van der Waals surface area contributed by atoms with E-state index in [2.05, 4.69) is 10.1 Å². The highest BCUT2D eigenvalue weighted by Gasteiger charge is 2.40. The Balaban J connectivity index is 1.82. The largest absolute Gasteiger partial charge is 0.435 e. The Bertz CT molecular complexity index is 1350. The summed E-state index contributed by atoms with van der Waals surface area (Å²) in [6, 6.07) is 7.66. The number of benzene rings is 2. The fourth-order valence-electron chi connectivity index (χ4n) is 4.46. The second-order valence-corrected chi connectivity index (χ2v) is 11.5. The third-order valence-corrected chi connectivity index (χ3v) is 7.94. The van der Waals surface area contributed by atoms with Crippen LogP contribution < -0.4 is 15.7 Å². The molecule has 2 aromatic carbocycles. The molecule has 12 heteroatoms. The van der Waals surface area contributed by atoms with Crippen molar-refractivity contribution in [2.45, 2.75) is 45.4 Å². The van der Waals surface area contributed by atoms with Crippen LogP contribution in [0.4, 0.5) is 13.2 Å². The topological polar surface area (TPSA) is 106 Å². The number of nitrogens with one attached hydrogen (secondary N) is 1. The number of carbonyl (C=O) groups is 1. The van der Waals surface area contributed by atoms with Crippen molar-refractivity contribution >= 4 is 27.5 Å². The maximum atomic E-state index is 15.8. The molecular formula is C23H26F3N3O5S. The summed E-state index contributed by atoms with van der Waals surface area (Å²) in [6.45, 7) is 1.97. The van der Waals surface area contributed by atoms with Crippen molar-refractivity contribution in [3.8, 4) is 11.4 Å². The molecule has 2 heterocycles. The Kier molecular flexibility index (Phi) is 6.41. The van der Waals surface area contributed by atoms with E-state index in [-0.39, 0.29) is 39.5 Å². The highest BCUT2D eigenvalue weighted by atomic mass is 32.3. The summed E-state index contributed by atoms with van der Waals surface area (Å²) in [4.78, 5) is 26.3. The predicted molar refractivity (Wildman–Crippen MR) is 128 cm³/mol. The minimum absolute atomic E-state index is 0.0281. The minimum atomic E-state index is -3.05. The van der Waals surface area contributed by atoms with Gasteiger partial charge in [0.15, 0.2) is 5.82 Å². The first-order chi connectivity index (χ1) is 16.3. The first-order valence-corrected chi connectivity index (χ1v) is 12.8. The second kappa shape index (κ2) is 8.92. The number of alkyl halides is 2. The lowest BCUT2D eigenvalue weighted by Gasteiger charge is -2.30. The maximum absolute atomic E-state index is 15.8. The van der Waals surface area contributed by atoms with Crippen molar-refractivity contribution < 1.29 is 31.8 Å². The van der Waals surface area contributed by atoms with Crippen LogP contribution in [-0.2, 0) is 0 Å². The number of imidazole rings is 1. The van der Waals surface area contributed by atoms with Gasteiger partial charge in [-0.15, -0.1) is 0 Å². The molecule has 4 rings (SSSR count). The number of aromatic nitrogens is 2. The fourth-order valence-corrected chi connectivity index (χ4v) is 6.62. The number of hydrogen-bond donors (Lipinski definition) is 3. The zero-order chi connectivity index (χ0) is 25.7. The molecule has 0 radical (unpaired) electrons. The van der Waals surface area contributed by atoms with Gasteiger partial charge in [-0.3, -0.25) is 23.0 Å². The molecule has 0 spiro atoms. The normalized spacial score (nSPS) is 20.5. The van der Waals surface area contributed by atoms with E-state index in [1.54, 1.807) is 20.8 Å². The summed E-state index contributed by atoms with van der Waals surface area (Å²) in [5.41, 5.74) is -1.60. The van der Waals surface area contributed by atoms with Crippen LogP contribution in [0.3, 0.4) is 0 Å². The van der Waals surface area contributed by atoms with Gasteiger partial charge in [0.1, 0.15) is 11.3 Å². The minimum Gasteiger partial charge on any atom is -0.435 e. The van der Waals surface area contributed by atoms with Gasteiger partial charge in [0.25, 0.3) is 5.91 Å². The van der Waals surface area contributed by atoms with E-state index in [9.17, 15) is 27.5 Å². The van der Waals surface area contributed by atoms with Crippen molar-refractivity contribution in [2.75, 3.05) is 11.5 Å². The van der Waals surface area contributed by atoms with Crippen molar-refractivity contribution in [2.24, 2.45) is 0 Å². The Morgan fingerprint density at radius 3 is 2.54 bits per heavy atom. The first kappa shape index (κ1) is 25.1. The molecular weight excluding hydrogens is 487 g/mol. The Labute approximate surface area is 200 Å². The molecule has 1 fully saturated rings. The van der Waals surface area contributed by atoms with Gasteiger partial charge in [-0.05, 0) is 51.5 Å². The number of carbonyl (C=O) groups excluding carboxylic acids is 1. The molecule has 1 aliphatic heterocycles. The van der Waals surface area contributed by atoms with E-state index in [0.29, 0.717) is 6.42 Å². The third-order valence-electron chi connectivity index (χ3n) is 5.98. The molecule has 1 atom stereocenters. The summed E-state index contributed by atoms with van der Waals surface area (Å²) < 4.78 is 67.8. The highest BCUT2D eigenvalue weighted by Crippen LogP contribution is 2.50. The standard InChI is InChI=1S/C23H26F3N3O5S/c1-13(2)28-19-17(29(22(28)31)14-5-4-6-15(11-14)34-21(25)26)8-7-16(18(19)24)20(30)27-23(3)9-10-35(32,33)12-23/h4-8,11,13,21,32-33H,9-10,12H2,1-3H3,(H,27,30). The molecule has 1 aromatic heterocycles. The van der Waals surface area contributed by atoms with Crippen LogP contribution in [0, 0.1) is 5.82 Å². The van der Waals surface area contributed by atoms with E-state index in [0.717, 1.165) is 0 Å². The van der Waals surface area contributed by atoms with Gasteiger partial charge in [-0.25, -0.2) is 9.18 Å². The number of fused-ring (bicyclic) bond motifs is 1. The average Bonchev–Trinajstić information content (AvgIpc) is 3.20. The molecule has 3 aromatic rings. The maximum Gasteiger partial charge on any atom is 0.387 e. The highest BCUT2D eigenvalue weighted by molar-refractivity contribution is 8.24. The molecule has 0 aliphatic carbocycles. The van der Waals surface area contributed by atoms with Gasteiger partial charge >= 0.3 is 12.3 Å². The van der Waals surface area contributed by atoms with E-state index in [1.165, 1.54) is 45.5 Å². The van der Waals surface area contributed by atoms with Crippen molar-refractivity contribution in [3.63, 3.8) is 0 Å². The molecule has 0 bridgehead atoms. The van der Waals surface area contributed by atoms with Crippen LogP contribution in [0.1, 0.15) is 43.6 Å². The zero-order valence-corrected chi connectivity index (χ0v) is 20.1. The van der Waals surface area contributed by atoms with Crippen LogP contribution >= 0.6 is 10.6 Å². The van der Waals surface area contributed by atoms with E-state index in [1.807, 2.05) is 0 Å². The van der Waals surface area contributed by atoms with Gasteiger partial charge in [-0.1, -0.05) is 6.07 Å². The summed E-state index contributed by atoms with van der Waals surface area (Å²) in [5, 5.41) is 2.70. The van der Waals surface area contributed by atoms with Gasteiger partial charge in [0.05, 0.1) is 28.1 Å². The molecule has 1 aliphatic rings. The lowest BCUT2D eigenvalue weighted by atomic mass is 10.0. The molecule has 190 valence electrons. The van der Waals surface area contributed by atoms with Crippen molar-refractivity contribution in [1.82, 2.24) is 14.5 Å². The van der Waals surface area contributed by atoms with Crippen LogP contribution in [-0.4, -0.2) is 47.8 Å². The van der Waals surface area contributed by atoms with Gasteiger partial charge in [-0.2, -0.15) is 19.4 Å². The smallest absolute Gasteiger partial charge is 0.387 e. The SMILES string of the molecule is CC(C)n1c(=O)n(-c2cccc(OC(F)F)c2)c2ccc(C(=O)NC3(C)CCS(O)(O)C3)c(F)c21. The quantitative estimate of drug-likeness (QED) is 0.441. The lowest BCUT2D eigenvalue weighted by Crippen LogP contribution is -2.46.